The van der Waals surface area contributed by atoms with Crippen LogP contribution in [-0.2, 0) is 5.41 Å². The highest BCUT2D eigenvalue weighted by Crippen LogP contribution is 2.63. The van der Waals surface area contributed by atoms with Crippen molar-refractivity contribution in [2.75, 3.05) is 0 Å². The maximum atomic E-state index is 6.68. The average Bonchev–Trinajstić information content (AvgIpc) is 3.48. The van der Waals surface area contributed by atoms with Crippen LogP contribution in [0, 0.1) is 0 Å². The normalized spacial score (nSPS) is 17.3. The number of fused-ring (bicyclic) bond motifs is 14. The lowest BCUT2D eigenvalue weighted by Gasteiger charge is -2.32. The molecular formula is C31H17AlO. The topological polar surface area (TPSA) is 13.1 Å². The van der Waals surface area contributed by atoms with Gasteiger partial charge < -0.3 is 4.42 Å². The first-order valence-electron chi connectivity index (χ1n) is 11.3. The zero-order chi connectivity index (χ0) is 21.7. The molecule has 1 heterocycles. The molecule has 0 N–H and O–H groups in total. The van der Waals surface area contributed by atoms with E-state index >= 15 is 0 Å². The van der Waals surface area contributed by atoms with E-state index in [9.17, 15) is 0 Å². The van der Waals surface area contributed by atoms with Gasteiger partial charge in [-0.3, -0.25) is 0 Å². The zero-order valence-corrected chi connectivity index (χ0v) is 19.0. The van der Waals surface area contributed by atoms with Gasteiger partial charge in [-0.05, 0) is 51.1 Å². The Morgan fingerprint density at radius 1 is 0.515 bits per heavy atom. The number of hydrogen-bond acceptors (Lipinski definition) is 1. The molecule has 2 radical (unpaired) electrons. The molecule has 33 heavy (non-hydrogen) atoms. The summed E-state index contributed by atoms with van der Waals surface area (Å²) in [6.07, 6.45) is 0. The molecule has 1 atom stereocenters. The van der Waals surface area contributed by atoms with E-state index in [2.05, 4.69) is 119 Å². The van der Waals surface area contributed by atoms with Crippen molar-refractivity contribution in [2.45, 2.75) is 5.41 Å². The Morgan fingerprint density at radius 2 is 1.15 bits per heavy atom. The van der Waals surface area contributed by atoms with Gasteiger partial charge in [-0.2, -0.15) is 0 Å². The Labute approximate surface area is 199 Å². The van der Waals surface area contributed by atoms with Crippen LogP contribution in [0.3, 0.4) is 0 Å². The first-order valence-corrected chi connectivity index (χ1v) is 11.9. The monoisotopic (exact) mass is 432 g/mol. The fourth-order valence-corrected chi connectivity index (χ4v) is 6.98. The van der Waals surface area contributed by atoms with Crippen LogP contribution >= 0.6 is 0 Å². The van der Waals surface area contributed by atoms with Gasteiger partial charge in [-0.15, -0.1) is 4.43 Å². The molecule has 1 spiro atoms. The van der Waals surface area contributed by atoms with E-state index in [0.29, 0.717) is 0 Å². The highest BCUT2D eigenvalue weighted by molar-refractivity contribution is 6.35. The standard InChI is InChI=1S/C31H17O.Al/c1-5-13-25-19(9-1)20-10-2-6-14-26(20)31(25)27-15-7-3-11-21(27)23-17-18-24-22-12-4-8-16-28(22)32-30(24)29(23)31;/h1-13,15-18H;. The number of benzene rings is 5. The first kappa shape index (κ1) is 17.9. The van der Waals surface area contributed by atoms with Crippen molar-refractivity contribution in [3.05, 3.63) is 125 Å². The van der Waals surface area contributed by atoms with Gasteiger partial charge in [0.05, 0.1) is 5.41 Å². The van der Waals surface area contributed by atoms with Crippen molar-refractivity contribution in [3.8, 4) is 22.3 Å². The number of rotatable bonds is 0. The van der Waals surface area contributed by atoms with E-state index < -0.39 is 5.41 Å². The molecule has 0 saturated carbocycles. The fraction of sp³-hybridized carbons (Fsp3) is 0.0323. The van der Waals surface area contributed by atoms with Gasteiger partial charge in [-0.1, -0.05) is 91.0 Å². The molecule has 0 amide bonds. The third kappa shape index (κ3) is 1.97. The summed E-state index contributed by atoms with van der Waals surface area (Å²) >= 11 is 3.01. The lowest BCUT2D eigenvalue weighted by molar-refractivity contribution is 0.653. The van der Waals surface area contributed by atoms with Crippen molar-refractivity contribution in [2.24, 2.45) is 0 Å². The minimum absolute atomic E-state index is 0.399. The highest BCUT2D eigenvalue weighted by Gasteiger charge is 2.53. The first-order chi connectivity index (χ1) is 16.3. The van der Waals surface area contributed by atoms with Crippen molar-refractivity contribution in [1.82, 2.24) is 0 Å². The van der Waals surface area contributed by atoms with Gasteiger partial charge in [0.1, 0.15) is 11.2 Å². The summed E-state index contributed by atoms with van der Waals surface area (Å²) in [4.78, 5) is 0. The summed E-state index contributed by atoms with van der Waals surface area (Å²) in [6, 6.07) is 37.4. The molecule has 5 aromatic carbocycles. The minimum atomic E-state index is -0.399. The van der Waals surface area contributed by atoms with Crippen molar-refractivity contribution >= 4 is 42.7 Å². The van der Waals surface area contributed by atoms with Gasteiger partial charge in [-0.25, -0.2) is 0 Å². The molecular weight excluding hydrogens is 415 g/mol. The Kier molecular flexibility index (Phi) is 3.29. The van der Waals surface area contributed by atoms with E-state index in [1.54, 1.807) is 0 Å². The summed E-state index contributed by atoms with van der Waals surface area (Å²) in [5, 5.41) is 2.36. The van der Waals surface area contributed by atoms with E-state index in [1.165, 1.54) is 59.7 Å². The molecule has 8 rings (SSSR count). The van der Waals surface area contributed by atoms with Crippen molar-refractivity contribution in [1.29, 1.82) is 0 Å². The molecule has 150 valence electrons. The van der Waals surface area contributed by atoms with Crippen LogP contribution < -0.4 is 4.43 Å². The van der Waals surface area contributed by atoms with Gasteiger partial charge in [0.2, 0.25) is 0 Å². The third-order valence-electron chi connectivity index (χ3n) is 7.64. The van der Waals surface area contributed by atoms with Crippen LogP contribution in [0.25, 0.3) is 44.2 Å². The average molecular weight is 432 g/mol. The van der Waals surface area contributed by atoms with Crippen LogP contribution in [0.15, 0.2) is 108 Å². The van der Waals surface area contributed by atoms with Gasteiger partial charge in [0.15, 0.2) is 16.3 Å². The molecule has 1 unspecified atom stereocenters. The number of para-hydroxylation sites is 1. The van der Waals surface area contributed by atoms with Crippen LogP contribution in [0.5, 0.6) is 0 Å². The Balaban J connectivity index is 1.68. The summed E-state index contributed by atoms with van der Waals surface area (Å²) in [5.41, 5.74) is 12.1. The molecule has 1 aromatic heterocycles. The smallest absolute Gasteiger partial charge is 0.176 e. The van der Waals surface area contributed by atoms with Crippen LogP contribution in [-0.4, -0.2) is 16.3 Å². The van der Waals surface area contributed by atoms with E-state index in [1.807, 2.05) is 0 Å². The third-order valence-corrected chi connectivity index (χ3v) is 8.12. The van der Waals surface area contributed by atoms with E-state index in [4.69, 9.17) is 4.42 Å². The lowest BCUT2D eigenvalue weighted by atomic mass is 9.70. The fourth-order valence-electron chi connectivity index (χ4n) is 6.50. The van der Waals surface area contributed by atoms with Crippen molar-refractivity contribution < 1.29 is 4.42 Å². The minimum Gasteiger partial charge on any atom is -0.456 e. The molecule has 0 aliphatic heterocycles. The molecule has 0 fully saturated rings. The van der Waals surface area contributed by atoms with Gasteiger partial charge >= 0.3 is 0 Å². The number of furan rings is 1. The lowest BCUT2D eigenvalue weighted by Crippen LogP contribution is -2.31. The van der Waals surface area contributed by atoms with Crippen LogP contribution in [0.2, 0.25) is 0 Å². The predicted molar refractivity (Wildman–Crippen MR) is 135 cm³/mol. The Morgan fingerprint density at radius 3 is 1.94 bits per heavy atom. The summed E-state index contributed by atoms with van der Waals surface area (Å²) in [5.74, 6) is 0. The largest absolute Gasteiger partial charge is 0.456 e. The molecule has 0 bridgehead atoms. The maximum Gasteiger partial charge on any atom is 0.176 e. The maximum absolute atomic E-state index is 6.68. The Hall–Kier alpha value is -3.57. The zero-order valence-electron chi connectivity index (χ0n) is 17.8. The molecule has 2 aliphatic carbocycles. The van der Waals surface area contributed by atoms with E-state index in [0.717, 1.165) is 11.2 Å². The summed E-state index contributed by atoms with van der Waals surface area (Å²) in [6.45, 7) is 0. The SMILES string of the molecule is [Al][c]1cccc2c1C1(c3ccccc3-2)c2ccccc2-c2ccc3c(oc4ccccc43)c21. The second-order valence-corrected chi connectivity index (χ2v) is 9.70. The predicted octanol–water partition coefficient (Wildman–Crippen LogP) is 6.72. The number of hydrogen-bond donors (Lipinski definition) is 0. The quantitative estimate of drug-likeness (QED) is 0.242. The highest BCUT2D eigenvalue weighted by atomic mass is 27.0. The van der Waals surface area contributed by atoms with Crippen LogP contribution in [0.4, 0.5) is 0 Å². The van der Waals surface area contributed by atoms with Crippen LogP contribution in [0.1, 0.15) is 22.3 Å². The summed E-state index contributed by atoms with van der Waals surface area (Å²) in [7, 11) is 0. The molecule has 2 aliphatic rings. The van der Waals surface area contributed by atoms with E-state index in [-0.39, 0.29) is 0 Å². The van der Waals surface area contributed by atoms with Gasteiger partial charge in [0, 0.05) is 16.3 Å². The van der Waals surface area contributed by atoms with Gasteiger partial charge in [0.25, 0.3) is 0 Å². The molecule has 0 saturated heterocycles. The second-order valence-electron chi connectivity index (χ2n) is 9.07. The molecule has 1 nitrogen and oxygen atoms in total. The molecule has 2 heteroatoms. The molecule has 6 aromatic rings. The van der Waals surface area contributed by atoms with Crippen molar-refractivity contribution in [3.63, 3.8) is 0 Å². The summed E-state index contributed by atoms with van der Waals surface area (Å²) < 4.78 is 7.91. The second kappa shape index (κ2) is 6.06. The Bertz CT molecular complexity index is 1780.